The zero-order chi connectivity index (χ0) is 14.3. The van der Waals surface area contributed by atoms with Gasteiger partial charge in [0.15, 0.2) is 6.61 Å². The average molecular weight is 301 g/mol. The Morgan fingerprint density at radius 2 is 2.00 bits per heavy atom. The lowest BCUT2D eigenvalue weighted by Gasteiger charge is -2.14. The van der Waals surface area contributed by atoms with Crippen molar-refractivity contribution in [2.75, 3.05) is 26.7 Å². The van der Waals surface area contributed by atoms with Crippen LogP contribution in [-0.4, -0.2) is 32.7 Å². The Bertz CT molecular complexity index is 422. The van der Waals surface area contributed by atoms with Gasteiger partial charge < -0.3 is 15.4 Å². The highest BCUT2D eigenvalue weighted by atomic mass is 35.5. The van der Waals surface area contributed by atoms with Crippen LogP contribution in [0.2, 0.25) is 0 Å². The minimum Gasteiger partial charge on any atom is -0.483 e. The number of carbonyl (C=O) groups is 1. The van der Waals surface area contributed by atoms with Crippen LogP contribution in [0.4, 0.5) is 0 Å². The second-order valence-electron chi connectivity index (χ2n) is 4.94. The Labute approximate surface area is 127 Å². The summed E-state index contributed by atoms with van der Waals surface area (Å²) in [7, 11) is 1.85. The van der Waals surface area contributed by atoms with Crippen molar-refractivity contribution < 1.29 is 9.53 Å². The fourth-order valence-electron chi connectivity index (χ4n) is 1.76. The molecule has 0 radical (unpaired) electrons. The van der Waals surface area contributed by atoms with Crippen LogP contribution >= 0.6 is 12.4 Å². The molecule has 0 unspecified atom stereocenters. The molecule has 1 rings (SSSR count). The molecule has 1 aromatic carbocycles. The number of benzene rings is 1. The van der Waals surface area contributed by atoms with E-state index in [9.17, 15) is 4.79 Å². The highest BCUT2D eigenvalue weighted by molar-refractivity contribution is 5.85. The van der Waals surface area contributed by atoms with Crippen molar-refractivity contribution in [3.8, 4) is 5.75 Å². The standard InChI is InChI=1S/C15H24N2O2.ClH/c1-11(2)13-6-5-12(3)9-14(13)19-10-15(18)17-8-7-16-4;/h5-6,9,11,16H,7-8,10H2,1-4H3,(H,17,18);1H. The Hall–Kier alpha value is -1.26. The van der Waals surface area contributed by atoms with Gasteiger partial charge in [0.05, 0.1) is 0 Å². The number of halogens is 1. The summed E-state index contributed by atoms with van der Waals surface area (Å²) in [5.74, 6) is 1.09. The van der Waals surface area contributed by atoms with Crippen molar-refractivity contribution in [2.45, 2.75) is 26.7 Å². The van der Waals surface area contributed by atoms with Gasteiger partial charge in [0.25, 0.3) is 5.91 Å². The third-order valence-corrected chi connectivity index (χ3v) is 2.85. The molecule has 5 heteroatoms. The number of amides is 1. The van der Waals surface area contributed by atoms with E-state index in [1.165, 1.54) is 0 Å². The monoisotopic (exact) mass is 300 g/mol. The first-order chi connectivity index (χ1) is 9.04. The molecule has 4 nitrogen and oxygen atoms in total. The summed E-state index contributed by atoms with van der Waals surface area (Å²) in [6.07, 6.45) is 0. The van der Waals surface area contributed by atoms with E-state index in [4.69, 9.17) is 4.74 Å². The van der Waals surface area contributed by atoms with Gasteiger partial charge in [-0.15, -0.1) is 12.4 Å². The summed E-state index contributed by atoms with van der Waals surface area (Å²) < 4.78 is 5.64. The number of carbonyl (C=O) groups excluding carboxylic acids is 1. The number of likely N-dealkylation sites (N-methyl/N-ethyl adjacent to an activating group) is 1. The second-order valence-corrected chi connectivity index (χ2v) is 4.94. The van der Waals surface area contributed by atoms with E-state index in [0.29, 0.717) is 12.5 Å². The number of hydrogen-bond donors (Lipinski definition) is 2. The Morgan fingerprint density at radius 1 is 1.30 bits per heavy atom. The molecular weight excluding hydrogens is 276 g/mol. The molecule has 0 spiro atoms. The van der Waals surface area contributed by atoms with Gasteiger partial charge in [-0.05, 0) is 37.1 Å². The summed E-state index contributed by atoms with van der Waals surface area (Å²) in [5.41, 5.74) is 2.27. The normalized spacial score (nSPS) is 10.1. The van der Waals surface area contributed by atoms with Crippen LogP contribution < -0.4 is 15.4 Å². The molecule has 0 atom stereocenters. The summed E-state index contributed by atoms with van der Waals surface area (Å²) in [5, 5.41) is 5.76. The predicted molar refractivity (Wildman–Crippen MR) is 84.9 cm³/mol. The number of nitrogens with one attached hydrogen (secondary N) is 2. The molecule has 1 aromatic rings. The maximum atomic E-state index is 11.6. The van der Waals surface area contributed by atoms with E-state index in [1.807, 2.05) is 20.0 Å². The molecule has 0 fully saturated rings. The lowest BCUT2D eigenvalue weighted by molar-refractivity contribution is -0.123. The number of hydrogen-bond acceptors (Lipinski definition) is 3. The van der Waals surface area contributed by atoms with E-state index < -0.39 is 0 Å². The molecule has 0 aliphatic rings. The summed E-state index contributed by atoms with van der Waals surface area (Å²) in [6.45, 7) is 7.68. The molecule has 0 aliphatic heterocycles. The molecule has 0 heterocycles. The highest BCUT2D eigenvalue weighted by Crippen LogP contribution is 2.27. The van der Waals surface area contributed by atoms with Crippen molar-refractivity contribution in [3.63, 3.8) is 0 Å². The zero-order valence-electron chi connectivity index (χ0n) is 12.7. The first kappa shape index (κ1) is 18.7. The van der Waals surface area contributed by atoms with Crippen LogP contribution in [0.15, 0.2) is 18.2 Å². The van der Waals surface area contributed by atoms with Crippen LogP contribution in [0.5, 0.6) is 5.75 Å². The molecule has 114 valence electrons. The average Bonchev–Trinajstić information content (AvgIpc) is 2.36. The number of aryl methyl sites for hydroxylation is 1. The predicted octanol–water partition coefficient (Wildman–Crippen LogP) is 2.25. The summed E-state index contributed by atoms with van der Waals surface area (Å²) in [4.78, 5) is 11.6. The minimum atomic E-state index is -0.0912. The van der Waals surface area contributed by atoms with Crippen LogP contribution in [0.1, 0.15) is 30.9 Å². The van der Waals surface area contributed by atoms with Crippen LogP contribution in [0.25, 0.3) is 0 Å². The van der Waals surface area contributed by atoms with Crippen LogP contribution in [0.3, 0.4) is 0 Å². The van der Waals surface area contributed by atoms with Gasteiger partial charge in [-0.25, -0.2) is 0 Å². The van der Waals surface area contributed by atoms with E-state index >= 15 is 0 Å². The van der Waals surface area contributed by atoms with E-state index in [-0.39, 0.29) is 24.9 Å². The van der Waals surface area contributed by atoms with E-state index in [0.717, 1.165) is 23.4 Å². The SMILES string of the molecule is CNCCNC(=O)COc1cc(C)ccc1C(C)C.Cl. The smallest absolute Gasteiger partial charge is 0.257 e. The van der Waals surface area contributed by atoms with Crippen molar-refractivity contribution in [2.24, 2.45) is 0 Å². The Morgan fingerprint density at radius 3 is 2.60 bits per heavy atom. The van der Waals surface area contributed by atoms with Gasteiger partial charge in [0.2, 0.25) is 0 Å². The van der Waals surface area contributed by atoms with Crippen molar-refractivity contribution in [3.05, 3.63) is 29.3 Å². The van der Waals surface area contributed by atoms with Gasteiger partial charge in [-0.3, -0.25) is 4.79 Å². The third-order valence-electron chi connectivity index (χ3n) is 2.85. The summed E-state index contributed by atoms with van der Waals surface area (Å²) >= 11 is 0. The number of ether oxygens (including phenoxy) is 1. The Kier molecular flexibility index (Phi) is 9.01. The maximum absolute atomic E-state index is 11.6. The van der Waals surface area contributed by atoms with Crippen molar-refractivity contribution in [1.82, 2.24) is 10.6 Å². The highest BCUT2D eigenvalue weighted by Gasteiger charge is 2.09. The van der Waals surface area contributed by atoms with E-state index in [1.54, 1.807) is 0 Å². The Balaban J connectivity index is 0.00000361. The molecule has 0 aliphatic carbocycles. The quantitative estimate of drug-likeness (QED) is 0.760. The molecule has 20 heavy (non-hydrogen) atoms. The molecule has 0 aromatic heterocycles. The molecule has 2 N–H and O–H groups in total. The topological polar surface area (TPSA) is 50.4 Å². The fourth-order valence-corrected chi connectivity index (χ4v) is 1.76. The molecule has 0 saturated carbocycles. The van der Waals surface area contributed by atoms with Gasteiger partial charge in [-0.1, -0.05) is 26.0 Å². The lowest BCUT2D eigenvalue weighted by Crippen LogP contribution is -2.33. The fraction of sp³-hybridized carbons (Fsp3) is 0.533. The second kappa shape index (κ2) is 9.61. The number of rotatable bonds is 7. The van der Waals surface area contributed by atoms with Crippen LogP contribution in [-0.2, 0) is 4.79 Å². The molecule has 0 bridgehead atoms. The van der Waals surface area contributed by atoms with Crippen molar-refractivity contribution in [1.29, 1.82) is 0 Å². The molecule has 1 amide bonds. The van der Waals surface area contributed by atoms with Gasteiger partial charge in [0, 0.05) is 13.1 Å². The van der Waals surface area contributed by atoms with Gasteiger partial charge in [0.1, 0.15) is 5.75 Å². The maximum Gasteiger partial charge on any atom is 0.257 e. The molecular formula is C15H25ClN2O2. The van der Waals surface area contributed by atoms with Crippen LogP contribution in [0, 0.1) is 6.92 Å². The van der Waals surface area contributed by atoms with Crippen molar-refractivity contribution >= 4 is 18.3 Å². The summed E-state index contributed by atoms with van der Waals surface area (Å²) in [6, 6.07) is 6.11. The zero-order valence-corrected chi connectivity index (χ0v) is 13.5. The molecule has 0 saturated heterocycles. The minimum absolute atomic E-state index is 0. The van der Waals surface area contributed by atoms with E-state index in [2.05, 4.69) is 36.6 Å². The van der Waals surface area contributed by atoms with Gasteiger partial charge >= 0.3 is 0 Å². The first-order valence-corrected chi connectivity index (χ1v) is 6.69. The largest absolute Gasteiger partial charge is 0.483 e. The first-order valence-electron chi connectivity index (χ1n) is 6.69. The van der Waals surface area contributed by atoms with Gasteiger partial charge in [-0.2, -0.15) is 0 Å². The lowest BCUT2D eigenvalue weighted by atomic mass is 10.0. The third kappa shape index (κ3) is 6.26.